The number of hydrogen-bond acceptors (Lipinski definition) is 2. The standard InChI is InChI=1S/C12H26N2/c1-4-14(5-2)9-8-13-12-7-6-11(3)10-12/h11-13H,4-10H2,1-3H3. The van der Waals surface area contributed by atoms with E-state index >= 15 is 0 Å². The third kappa shape index (κ3) is 3.97. The molecule has 1 saturated carbocycles. The largest absolute Gasteiger partial charge is 0.313 e. The van der Waals surface area contributed by atoms with Gasteiger partial charge in [-0.15, -0.1) is 0 Å². The Morgan fingerprint density at radius 1 is 1.21 bits per heavy atom. The van der Waals surface area contributed by atoms with Gasteiger partial charge in [-0.1, -0.05) is 20.8 Å². The summed E-state index contributed by atoms with van der Waals surface area (Å²) in [6.45, 7) is 11.6. The van der Waals surface area contributed by atoms with E-state index in [1.54, 1.807) is 0 Å². The average Bonchev–Trinajstić information content (AvgIpc) is 2.59. The third-order valence-electron chi connectivity index (χ3n) is 3.45. The topological polar surface area (TPSA) is 15.3 Å². The summed E-state index contributed by atoms with van der Waals surface area (Å²) in [5.74, 6) is 0.945. The van der Waals surface area contributed by atoms with Gasteiger partial charge in [-0.05, 0) is 38.3 Å². The predicted molar refractivity (Wildman–Crippen MR) is 62.6 cm³/mol. The first-order valence-corrected chi connectivity index (χ1v) is 6.22. The Balaban J connectivity index is 2.03. The van der Waals surface area contributed by atoms with Crippen molar-refractivity contribution in [1.82, 2.24) is 10.2 Å². The number of nitrogens with zero attached hydrogens (tertiary/aromatic N) is 1. The van der Waals surface area contributed by atoms with Crippen LogP contribution in [-0.4, -0.2) is 37.1 Å². The van der Waals surface area contributed by atoms with Crippen LogP contribution in [0.2, 0.25) is 0 Å². The molecule has 0 bridgehead atoms. The van der Waals surface area contributed by atoms with Crippen molar-refractivity contribution in [2.24, 2.45) is 5.92 Å². The van der Waals surface area contributed by atoms with Crippen LogP contribution in [0.4, 0.5) is 0 Å². The Kier molecular flexibility index (Phi) is 5.49. The summed E-state index contributed by atoms with van der Waals surface area (Å²) in [6, 6.07) is 0.806. The van der Waals surface area contributed by atoms with Crippen LogP contribution in [0.1, 0.15) is 40.0 Å². The quantitative estimate of drug-likeness (QED) is 0.703. The SMILES string of the molecule is CCN(CC)CCNC1CCC(C)C1. The van der Waals surface area contributed by atoms with Crippen molar-refractivity contribution in [2.45, 2.75) is 46.1 Å². The zero-order valence-corrected chi connectivity index (χ0v) is 10.1. The summed E-state index contributed by atoms with van der Waals surface area (Å²) < 4.78 is 0. The number of rotatable bonds is 6. The van der Waals surface area contributed by atoms with E-state index < -0.39 is 0 Å². The van der Waals surface area contributed by atoms with Gasteiger partial charge in [0.25, 0.3) is 0 Å². The van der Waals surface area contributed by atoms with Crippen LogP contribution in [0.3, 0.4) is 0 Å². The predicted octanol–water partition coefficient (Wildman–Crippen LogP) is 2.11. The van der Waals surface area contributed by atoms with Gasteiger partial charge in [-0.25, -0.2) is 0 Å². The van der Waals surface area contributed by atoms with Crippen LogP contribution in [-0.2, 0) is 0 Å². The highest BCUT2D eigenvalue weighted by Gasteiger charge is 2.20. The van der Waals surface area contributed by atoms with Crippen molar-refractivity contribution in [3.63, 3.8) is 0 Å². The molecule has 0 aromatic rings. The van der Waals surface area contributed by atoms with Gasteiger partial charge in [-0.3, -0.25) is 0 Å². The molecule has 84 valence electrons. The van der Waals surface area contributed by atoms with Gasteiger partial charge in [0, 0.05) is 19.1 Å². The molecule has 0 spiro atoms. The first-order chi connectivity index (χ1) is 6.76. The fourth-order valence-electron chi connectivity index (χ4n) is 2.36. The average molecular weight is 198 g/mol. The van der Waals surface area contributed by atoms with Gasteiger partial charge < -0.3 is 10.2 Å². The van der Waals surface area contributed by atoms with Crippen molar-refractivity contribution in [2.75, 3.05) is 26.2 Å². The summed E-state index contributed by atoms with van der Waals surface area (Å²) >= 11 is 0. The van der Waals surface area contributed by atoms with Gasteiger partial charge >= 0.3 is 0 Å². The molecule has 1 aliphatic carbocycles. The summed E-state index contributed by atoms with van der Waals surface area (Å²) in [6.07, 6.45) is 4.20. The van der Waals surface area contributed by atoms with Crippen molar-refractivity contribution >= 4 is 0 Å². The van der Waals surface area contributed by atoms with Crippen molar-refractivity contribution in [3.05, 3.63) is 0 Å². The molecule has 2 atom stereocenters. The molecule has 1 N–H and O–H groups in total. The highest BCUT2D eigenvalue weighted by molar-refractivity contribution is 4.78. The highest BCUT2D eigenvalue weighted by atomic mass is 15.1. The van der Waals surface area contributed by atoms with E-state index in [-0.39, 0.29) is 0 Å². The Labute approximate surface area is 89.1 Å². The molecule has 1 fully saturated rings. The lowest BCUT2D eigenvalue weighted by Crippen LogP contribution is -2.36. The summed E-state index contributed by atoms with van der Waals surface area (Å²) in [7, 11) is 0. The van der Waals surface area contributed by atoms with Crippen LogP contribution in [0.15, 0.2) is 0 Å². The van der Waals surface area contributed by atoms with E-state index in [4.69, 9.17) is 0 Å². The Hall–Kier alpha value is -0.0800. The molecule has 0 radical (unpaired) electrons. The zero-order chi connectivity index (χ0) is 10.4. The van der Waals surface area contributed by atoms with Gasteiger partial charge in [0.1, 0.15) is 0 Å². The molecule has 1 rings (SSSR count). The molecule has 0 amide bonds. The molecule has 0 heterocycles. The number of hydrogen-bond donors (Lipinski definition) is 1. The maximum Gasteiger partial charge on any atom is 0.0107 e. The van der Waals surface area contributed by atoms with Gasteiger partial charge in [0.15, 0.2) is 0 Å². The Bertz CT molecular complexity index is 143. The van der Waals surface area contributed by atoms with E-state index in [1.807, 2.05) is 0 Å². The third-order valence-corrected chi connectivity index (χ3v) is 3.45. The van der Waals surface area contributed by atoms with Crippen LogP contribution in [0.25, 0.3) is 0 Å². The first kappa shape index (κ1) is 12.0. The van der Waals surface area contributed by atoms with Crippen molar-refractivity contribution < 1.29 is 0 Å². The second kappa shape index (κ2) is 6.41. The number of nitrogens with one attached hydrogen (secondary N) is 1. The maximum absolute atomic E-state index is 3.67. The van der Waals surface area contributed by atoms with Gasteiger partial charge in [0.05, 0.1) is 0 Å². The van der Waals surface area contributed by atoms with Crippen LogP contribution < -0.4 is 5.32 Å². The van der Waals surface area contributed by atoms with Crippen LogP contribution in [0.5, 0.6) is 0 Å². The molecular weight excluding hydrogens is 172 g/mol. The molecule has 2 nitrogen and oxygen atoms in total. The molecule has 2 heteroatoms. The van der Waals surface area contributed by atoms with Crippen LogP contribution in [0, 0.1) is 5.92 Å². The zero-order valence-electron chi connectivity index (χ0n) is 10.1. The summed E-state index contributed by atoms with van der Waals surface area (Å²) in [5, 5.41) is 3.67. The molecule has 0 saturated heterocycles. The van der Waals surface area contributed by atoms with E-state index in [0.717, 1.165) is 12.0 Å². The highest BCUT2D eigenvalue weighted by Crippen LogP contribution is 2.24. The molecular formula is C12H26N2. The minimum Gasteiger partial charge on any atom is -0.313 e. The number of likely N-dealkylation sites (N-methyl/N-ethyl adjacent to an activating group) is 1. The molecule has 0 aromatic carbocycles. The smallest absolute Gasteiger partial charge is 0.0107 e. The first-order valence-electron chi connectivity index (χ1n) is 6.22. The fraction of sp³-hybridized carbons (Fsp3) is 1.00. The van der Waals surface area contributed by atoms with E-state index in [0.29, 0.717) is 0 Å². The van der Waals surface area contributed by atoms with Crippen LogP contribution >= 0.6 is 0 Å². The van der Waals surface area contributed by atoms with E-state index in [1.165, 1.54) is 45.4 Å². The minimum atomic E-state index is 0.806. The summed E-state index contributed by atoms with van der Waals surface area (Å²) in [4.78, 5) is 2.48. The lowest BCUT2D eigenvalue weighted by atomic mass is 10.1. The van der Waals surface area contributed by atoms with E-state index in [2.05, 4.69) is 31.0 Å². The fourth-order valence-corrected chi connectivity index (χ4v) is 2.36. The molecule has 0 aromatic heterocycles. The lowest BCUT2D eigenvalue weighted by Gasteiger charge is -2.20. The minimum absolute atomic E-state index is 0.806. The normalized spacial score (nSPS) is 27.4. The van der Waals surface area contributed by atoms with Gasteiger partial charge in [-0.2, -0.15) is 0 Å². The summed E-state index contributed by atoms with van der Waals surface area (Å²) in [5.41, 5.74) is 0. The molecule has 2 unspecified atom stereocenters. The Morgan fingerprint density at radius 2 is 1.93 bits per heavy atom. The lowest BCUT2D eigenvalue weighted by molar-refractivity contribution is 0.295. The maximum atomic E-state index is 3.67. The monoisotopic (exact) mass is 198 g/mol. The van der Waals surface area contributed by atoms with Crippen molar-refractivity contribution in [3.8, 4) is 0 Å². The van der Waals surface area contributed by atoms with Crippen molar-refractivity contribution in [1.29, 1.82) is 0 Å². The molecule has 1 aliphatic rings. The second-order valence-electron chi connectivity index (χ2n) is 4.60. The molecule has 0 aliphatic heterocycles. The second-order valence-corrected chi connectivity index (χ2v) is 4.60. The Morgan fingerprint density at radius 3 is 2.43 bits per heavy atom. The molecule has 14 heavy (non-hydrogen) atoms. The van der Waals surface area contributed by atoms with E-state index in [9.17, 15) is 0 Å². The van der Waals surface area contributed by atoms with Gasteiger partial charge in [0.2, 0.25) is 0 Å².